The van der Waals surface area contributed by atoms with Crippen LogP contribution in [0.2, 0.25) is 0 Å². The number of benzene rings is 2. The third-order valence-electron chi connectivity index (χ3n) is 2.44. The number of hydrogen-bond acceptors (Lipinski definition) is 3. The highest BCUT2D eigenvalue weighted by Gasteiger charge is 2.13. The van der Waals surface area contributed by atoms with E-state index in [1.165, 1.54) is 30.3 Å². The van der Waals surface area contributed by atoms with E-state index in [1.54, 1.807) is 6.07 Å². The molecule has 0 radical (unpaired) electrons. The summed E-state index contributed by atoms with van der Waals surface area (Å²) >= 11 is 2.01. The van der Waals surface area contributed by atoms with E-state index in [2.05, 4.69) is 5.32 Å². The molecule has 2 rings (SSSR count). The molecule has 0 saturated carbocycles. The molecule has 0 aromatic heterocycles. The Balaban J connectivity index is 2.30. The van der Waals surface area contributed by atoms with Crippen LogP contribution in [0.5, 0.6) is 5.75 Å². The van der Waals surface area contributed by atoms with Gasteiger partial charge in [-0.3, -0.25) is 4.79 Å². The Morgan fingerprint density at radius 2 is 2.00 bits per heavy atom. The molecule has 0 aliphatic carbocycles. The number of rotatable bonds is 2. The first-order chi connectivity index (χ1) is 8.97. The minimum absolute atomic E-state index is 0.0248. The van der Waals surface area contributed by atoms with Gasteiger partial charge in [0, 0.05) is 9.26 Å². The third kappa shape index (κ3) is 3.14. The Labute approximate surface area is 122 Å². The normalized spacial score (nSPS) is 10.2. The fourth-order valence-corrected chi connectivity index (χ4v) is 2.01. The van der Waals surface area contributed by atoms with Crippen molar-refractivity contribution in [2.45, 2.75) is 0 Å². The van der Waals surface area contributed by atoms with Crippen LogP contribution < -0.4 is 11.1 Å². The number of carbonyl (C=O) groups is 1. The van der Waals surface area contributed by atoms with Gasteiger partial charge in [0.25, 0.3) is 5.91 Å². The first-order valence-electron chi connectivity index (χ1n) is 5.32. The number of halogens is 2. The van der Waals surface area contributed by atoms with Crippen molar-refractivity contribution in [2.24, 2.45) is 0 Å². The first kappa shape index (κ1) is 13.6. The number of amides is 1. The van der Waals surface area contributed by atoms with Gasteiger partial charge in [-0.1, -0.05) is 0 Å². The molecular formula is C13H10FIN2O2. The number of nitrogens with one attached hydrogen (secondary N) is 1. The monoisotopic (exact) mass is 372 g/mol. The van der Waals surface area contributed by atoms with Crippen molar-refractivity contribution < 1.29 is 14.3 Å². The van der Waals surface area contributed by atoms with Crippen molar-refractivity contribution in [3.63, 3.8) is 0 Å². The van der Waals surface area contributed by atoms with Gasteiger partial charge in [-0.05, 0) is 59.0 Å². The predicted molar refractivity (Wildman–Crippen MR) is 79.6 cm³/mol. The molecule has 0 aliphatic rings. The topological polar surface area (TPSA) is 75.3 Å². The van der Waals surface area contributed by atoms with E-state index >= 15 is 0 Å². The van der Waals surface area contributed by atoms with Gasteiger partial charge in [-0.2, -0.15) is 0 Å². The number of phenols is 1. The minimum Gasteiger partial charge on any atom is -0.507 e. The maximum absolute atomic E-state index is 13.5. The first-order valence-corrected chi connectivity index (χ1v) is 6.40. The molecule has 0 spiro atoms. The van der Waals surface area contributed by atoms with Gasteiger partial charge < -0.3 is 16.2 Å². The van der Waals surface area contributed by atoms with Crippen molar-refractivity contribution in [2.75, 3.05) is 11.1 Å². The molecule has 19 heavy (non-hydrogen) atoms. The Morgan fingerprint density at radius 1 is 1.26 bits per heavy atom. The van der Waals surface area contributed by atoms with Gasteiger partial charge in [0.1, 0.15) is 11.6 Å². The van der Waals surface area contributed by atoms with Crippen molar-refractivity contribution in [1.82, 2.24) is 0 Å². The van der Waals surface area contributed by atoms with E-state index in [0.29, 0.717) is 5.69 Å². The van der Waals surface area contributed by atoms with Crippen LogP contribution >= 0.6 is 22.6 Å². The van der Waals surface area contributed by atoms with Gasteiger partial charge in [-0.15, -0.1) is 0 Å². The minimum atomic E-state index is -0.597. The number of nitrogens with two attached hydrogens (primary N) is 1. The summed E-state index contributed by atoms with van der Waals surface area (Å²) in [6.45, 7) is 0. The third-order valence-corrected chi connectivity index (χ3v) is 3.11. The van der Waals surface area contributed by atoms with Crippen LogP contribution in [-0.4, -0.2) is 11.0 Å². The molecule has 1 amide bonds. The van der Waals surface area contributed by atoms with Gasteiger partial charge >= 0.3 is 0 Å². The number of carbonyl (C=O) groups excluding carboxylic acids is 1. The van der Waals surface area contributed by atoms with Crippen molar-refractivity contribution in [3.05, 3.63) is 51.3 Å². The molecule has 2 aromatic rings. The van der Waals surface area contributed by atoms with E-state index in [4.69, 9.17) is 5.73 Å². The van der Waals surface area contributed by atoms with E-state index in [-0.39, 0.29) is 17.0 Å². The van der Waals surface area contributed by atoms with Crippen molar-refractivity contribution >= 4 is 39.9 Å². The highest BCUT2D eigenvalue weighted by molar-refractivity contribution is 14.1. The van der Waals surface area contributed by atoms with Gasteiger partial charge in [0.05, 0.1) is 11.3 Å². The average Bonchev–Trinajstić information content (AvgIpc) is 2.36. The number of aromatic hydroxyl groups is 1. The maximum atomic E-state index is 13.5. The second-order valence-electron chi connectivity index (χ2n) is 3.85. The van der Waals surface area contributed by atoms with Gasteiger partial charge in [0.15, 0.2) is 0 Å². The Morgan fingerprint density at radius 3 is 2.74 bits per heavy atom. The van der Waals surface area contributed by atoms with Crippen molar-refractivity contribution in [3.8, 4) is 5.75 Å². The van der Waals surface area contributed by atoms with E-state index in [0.717, 1.165) is 3.57 Å². The Hall–Kier alpha value is -1.83. The van der Waals surface area contributed by atoms with Crippen LogP contribution in [0.4, 0.5) is 15.8 Å². The summed E-state index contributed by atoms with van der Waals surface area (Å²) in [5.41, 5.74) is 5.92. The summed E-state index contributed by atoms with van der Waals surface area (Å²) in [5.74, 6) is -1.35. The quantitative estimate of drug-likeness (QED) is 0.561. The molecule has 4 nitrogen and oxygen atoms in total. The van der Waals surface area contributed by atoms with Crippen LogP contribution in [-0.2, 0) is 0 Å². The molecule has 98 valence electrons. The molecule has 2 aromatic carbocycles. The second-order valence-corrected chi connectivity index (χ2v) is 5.10. The molecule has 0 unspecified atom stereocenters. The summed E-state index contributed by atoms with van der Waals surface area (Å²) in [5, 5.41) is 12.0. The van der Waals surface area contributed by atoms with E-state index in [9.17, 15) is 14.3 Å². The molecule has 4 N–H and O–H groups in total. The lowest BCUT2D eigenvalue weighted by Gasteiger charge is -2.08. The lowest BCUT2D eigenvalue weighted by Crippen LogP contribution is -2.13. The molecule has 0 heterocycles. The average molecular weight is 372 g/mol. The highest BCUT2D eigenvalue weighted by atomic mass is 127. The Kier molecular flexibility index (Phi) is 3.89. The van der Waals surface area contributed by atoms with Gasteiger partial charge in [0.2, 0.25) is 0 Å². The summed E-state index contributed by atoms with van der Waals surface area (Å²) in [4.78, 5) is 12.0. The SMILES string of the molecule is Nc1ccc(F)c(NC(=O)c2cc(I)ccc2O)c1. The Bertz CT molecular complexity index is 647. The highest BCUT2D eigenvalue weighted by Crippen LogP contribution is 2.23. The summed E-state index contributed by atoms with van der Waals surface area (Å²) in [7, 11) is 0. The fourth-order valence-electron chi connectivity index (χ4n) is 1.52. The molecule has 0 aliphatic heterocycles. The molecule has 0 saturated heterocycles. The van der Waals surface area contributed by atoms with Crippen LogP contribution in [0, 0.1) is 9.39 Å². The number of phenolic OH excluding ortho intramolecular Hbond substituents is 1. The smallest absolute Gasteiger partial charge is 0.259 e. The zero-order valence-corrected chi connectivity index (χ0v) is 11.8. The van der Waals surface area contributed by atoms with E-state index in [1.807, 2.05) is 22.6 Å². The van der Waals surface area contributed by atoms with Crippen LogP contribution in [0.25, 0.3) is 0 Å². The molecule has 6 heteroatoms. The van der Waals surface area contributed by atoms with Crippen LogP contribution in [0.15, 0.2) is 36.4 Å². The molecular weight excluding hydrogens is 362 g/mol. The predicted octanol–water partition coefficient (Wildman–Crippen LogP) is 2.97. The summed E-state index contributed by atoms with van der Waals surface area (Å²) in [6, 6.07) is 8.46. The largest absolute Gasteiger partial charge is 0.507 e. The van der Waals surface area contributed by atoms with Crippen LogP contribution in [0.1, 0.15) is 10.4 Å². The fraction of sp³-hybridized carbons (Fsp3) is 0. The van der Waals surface area contributed by atoms with E-state index < -0.39 is 11.7 Å². The lowest BCUT2D eigenvalue weighted by molar-refractivity contribution is 0.102. The zero-order valence-electron chi connectivity index (χ0n) is 9.65. The lowest BCUT2D eigenvalue weighted by atomic mass is 10.2. The van der Waals surface area contributed by atoms with Gasteiger partial charge in [-0.25, -0.2) is 4.39 Å². The maximum Gasteiger partial charge on any atom is 0.259 e. The zero-order chi connectivity index (χ0) is 14.0. The molecule has 0 atom stereocenters. The second kappa shape index (κ2) is 5.43. The van der Waals surface area contributed by atoms with Crippen molar-refractivity contribution in [1.29, 1.82) is 0 Å². The standard InChI is InChI=1S/C13H10FIN2O2/c14-10-3-2-8(16)6-11(10)17-13(19)9-5-7(15)1-4-12(9)18/h1-6,18H,16H2,(H,17,19). The number of nitrogen functional groups attached to an aromatic ring is 1. The number of anilines is 2. The summed E-state index contributed by atoms with van der Waals surface area (Å²) in [6.07, 6.45) is 0. The van der Waals surface area contributed by atoms with Crippen LogP contribution in [0.3, 0.4) is 0 Å². The molecule has 0 fully saturated rings. The summed E-state index contributed by atoms with van der Waals surface area (Å²) < 4.78 is 14.3. The number of hydrogen-bond donors (Lipinski definition) is 3. The molecule has 0 bridgehead atoms.